The largest absolute Gasteiger partial charge is 0.103 e. The van der Waals surface area contributed by atoms with E-state index in [2.05, 4.69) is 43.9 Å². The highest BCUT2D eigenvalue weighted by Crippen LogP contribution is 2.15. The van der Waals surface area contributed by atoms with E-state index in [4.69, 9.17) is 0 Å². The molecule has 0 bridgehead atoms. The molecule has 0 aliphatic heterocycles. The number of hydrogen-bond acceptors (Lipinski definition) is 0. The number of rotatable bonds is 3. The maximum absolute atomic E-state index is 3.73. The first-order chi connectivity index (χ1) is 5.83. The number of hydrogen-bond donors (Lipinski definition) is 0. The van der Waals surface area contributed by atoms with Gasteiger partial charge in [0.05, 0.1) is 0 Å². The summed E-state index contributed by atoms with van der Waals surface area (Å²) in [6.45, 7) is 5.96. The maximum Gasteiger partial charge on any atom is -0.00974 e. The highest BCUT2D eigenvalue weighted by molar-refractivity contribution is 5.29. The summed E-state index contributed by atoms with van der Waals surface area (Å²) in [6.07, 6.45) is 15.0. The molecule has 0 amide bonds. The van der Waals surface area contributed by atoms with E-state index in [0.29, 0.717) is 5.92 Å². The Balaban J connectivity index is 2.50. The van der Waals surface area contributed by atoms with E-state index in [1.54, 1.807) is 0 Å². The second-order valence-electron chi connectivity index (χ2n) is 3.23. The highest BCUT2D eigenvalue weighted by Gasteiger charge is 1.97. The van der Waals surface area contributed by atoms with Gasteiger partial charge < -0.3 is 0 Å². The standard InChI is InChI=1S/C12H16/c1-3-7-11(2)10-12-8-5-4-6-9-12/h3-6,8,10-11H,1,7,9H2,2H3/b12-10-. The summed E-state index contributed by atoms with van der Waals surface area (Å²) in [5.41, 5.74) is 1.42. The second-order valence-corrected chi connectivity index (χ2v) is 3.23. The van der Waals surface area contributed by atoms with Crippen molar-refractivity contribution in [3.05, 3.63) is 48.6 Å². The summed E-state index contributed by atoms with van der Waals surface area (Å²) in [4.78, 5) is 0. The van der Waals surface area contributed by atoms with Gasteiger partial charge in [-0.1, -0.05) is 43.4 Å². The van der Waals surface area contributed by atoms with Crippen LogP contribution in [0.15, 0.2) is 48.6 Å². The average Bonchev–Trinajstić information content (AvgIpc) is 2.06. The van der Waals surface area contributed by atoms with Gasteiger partial charge in [0, 0.05) is 0 Å². The monoisotopic (exact) mass is 160 g/mol. The van der Waals surface area contributed by atoms with Crippen molar-refractivity contribution < 1.29 is 0 Å². The Morgan fingerprint density at radius 1 is 1.58 bits per heavy atom. The molecule has 0 fully saturated rings. The molecule has 0 N–H and O–H groups in total. The fourth-order valence-corrected chi connectivity index (χ4v) is 1.35. The Morgan fingerprint density at radius 2 is 2.42 bits per heavy atom. The lowest BCUT2D eigenvalue weighted by atomic mass is 10.00. The first kappa shape index (κ1) is 9.05. The molecule has 0 spiro atoms. The topological polar surface area (TPSA) is 0 Å². The smallest absolute Gasteiger partial charge is 0.00974 e. The van der Waals surface area contributed by atoms with Gasteiger partial charge in [0.2, 0.25) is 0 Å². The first-order valence-electron chi connectivity index (χ1n) is 4.47. The molecule has 1 aliphatic rings. The maximum atomic E-state index is 3.73. The van der Waals surface area contributed by atoms with Gasteiger partial charge in [0.1, 0.15) is 0 Å². The second kappa shape index (κ2) is 4.76. The summed E-state index contributed by atoms with van der Waals surface area (Å²) in [6, 6.07) is 0. The molecule has 0 radical (unpaired) electrons. The summed E-state index contributed by atoms with van der Waals surface area (Å²) >= 11 is 0. The normalized spacial score (nSPS) is 21.2. The van der Waals surface area contributed by atoms with Crippen molar-refractivity contribution in [2.75, 3.05) is 0 Å². The molecule has 1 unspecified atom stereocenters. The van der Waals surface area contributed by atoms with Crippen molar-refractivity contribution in [3.63, 3.8) is 0 Å². The molecule has 0 saturated heterocycles. The van der Waals surface area contributed by atoms with Crippen molar-refractivity contribution in [2.24, 2.45) is 5.92 Å². The Hall–Kier alpha value is -1.04. The van der Waals surface area contributed by atoms with Gasteiger partial charge in [-0.3, -0.25) is 0 Å². The van der Waals surface area contributed by atoms with Gasteiger partial charge in [0.25, 0.3) is 0 Å². The molecule has 64 valence electrons. The molecule has 1 aliphatic carbocycles. The van der Waals surface area contributed by atoms with Crippen LogP contribution < -0.4 is 0 Å². The van der Waals surface area contributed by atoms with Crippen LogP contribution in [0.1, 0.15) is 19.8 Å². The van der Waals surface area contributed by atoms with Gasteiger partial charge in [-0.15, -0.1) is 6.58 Å². The fraction of sp³-hybridized carbons (Fsp3) is 0.333. The zero-order valence-electron chi connectivity index (χ0n) is 7.66. The minimum absolute atomic E-state index is 0.619. The Bertz CT molecular complexity index is 228. The summed E-state index contributed by atoms with van der Waals surface area (Å²) in [7, 11) is 0. The van der Waals surface area contributed by atoms with Gasteiger partial charge in [0.15, 0.2) is 0 Å². The van der Waals surface area contributed by atoms with E-state index in [-0.39, 0.29) is 0 Å². The fourth-order valence-electron chi connectivity index (χ4n) is 1.35. The summed E-state index contributed by atoms with van der Waals surface area (Å²) in [5, 5.41) is 0. The third-order valence-electron chi connectivity index (χ3n) is 1.95. The van der Waals surface area contributed by atoms with Crippen LogP contribution in [-0.4, -0.2) is 0 Å². The average molecular weight is 160 g/mol. The molecule has 0 saturated carbocycles. The minimum Gasteiger partial charge on any atom is -0.103 e. The van der Waals surface area contributed by atoms with E-state index < -0.39 is 0 Å². The molecule has 12 heavy (non-hydrogen) atoms. The Kier molecular flexibility index (Phi) is 3.59. The summed E-state index contributed by atoms with van der Waals surface area (Å²) in [5.74, 6) is 0.619. The minimum atomic E-state index is 0.619. The van der Waals surface area contributed by atoms with E-state index in [9.17, 15) is 0 Å². The van der Waals surface area contributed by atoms with Crippen molar-refractivity contribution in [3.8, 4) is 0 Å². The van der Waals surface area contributed by atoms with Gasteiger partial charge in [-0.25, -0.2) is 0 Å². The molecule has 0 nitrogen and oxygen atoms in total. The van der Waals surface area contributed by atoms with E-state index in [1.807, 2.05) is 6.08 Å². The van der Waals surface area contributed by atoms with Crippen LogP contribution in [0.3, 0.4) is 0 Å². The van der Waals surface area contributed by atoms with Crippen LogP contribution in [0.4, 0.5) is 0 Å². The van der Waals surface area contributed by atoms with Crippen molar-refractivity contribution in [2.45, 2.75) is 19.8 Å². The highest BCUT2D eigenvalue weighted by atomic mass is 14.0. The predicted molar refractivity (Wildman–Crippen MR) is 55.0 cm³/mol. The lowest BCUT2D eigenvalue weighted by Gasteiger charge is -2.06. The molecule has 1 atom stereocenters. The molecule has 0 aromatic rings. The lowest BCUT2D eigenvalue weighted by Crippen LogP contribution is -1.90. The van der Waals surface area contributed by atoms with E-state index >= 15 is 0 Å². The van der Waals surface area contributed by atoms with Gasteiger partial charge in [-0.2, -0.15) is 0 Å². The molecule has 0 heteroatoms. The van der Waals surface area contributed by atoms with Crippen LogP contribution in [0.5, 0.6) is 0 Å². The van der Waals surface area contributed by atoms with Crippen LogP contribution in [0, 0.1) is 5.92 Å². The van der Waals surface area contributed by atoms with Crippen LogP contribution in [-0.2, 0) is 0 Å². The summed E-state index contributed by atoms with van der Waals surface area (Å²) < 4.78 is 0. The third kappa shape index (κ3) is 2.91. The quantitative estimate of drug-likeness (QED) is 0.553. The Labute approximate surface area is 75.0 Å². The predicted octanol–water partition coefficient (Wildman–Crippen LogP) is 3.64. The molecule has 1 rings (SSSR count). The molecule has 0 aromatic carbocycles. The van der Waals surface area contributed by atoms with Crippen LogP contribution in [0.25, 0.3) is 0 Å². The Morgan fingerprint density at radius 3 is 3.00 bits per heavy atom. The first-order valence-corrected chi connectivity index (χ1v) is 4.47. The van der Waals surface area contributed by atoms with Gasteiger partial charge >= 0.3 is 0 Å². The zero-order chi connectivity index (χ0) is 8.81. The molecule has 0 heterocycles. The number of allylic oxidation sites excluding steroid dienone is 7. The van der Waals surface area contributed by atoms with Crippen molar-refractivity contribution >= 4 is 0 Å². The molecular formula is C12H16. The van der Waals surface area contributed by atoms with Gasteiger partial charge in [-0.05, 0) is 24.3 Å². The SMILES string of the molecule is C=CCC(C)/C=C1/C=CC=CC1. The molecular weight excluding hydrogens is 144 g/mol. The molecule has 0 aromatic heterocycles. The van der Waals surface area contributed by atoms with E-state index in [0.717, 1.165) is 12.8 Å². The lowest BCUT2D eigenvalue weighted by molar-refractivity contribution is 0.738. The zero-order valence-corrected chi connectivity index (χ0v) is 7.66. The third-order valence-corrected chi connectivity index (χ3v) is 1.95. The van der Waals surface area contributed by atoms with Crippen LogP contribution in [0.2, 0.25) is 0 Å². The van der Waals surface area contributed by atoms with Crippen LogP contribution >= 0.6 is 0 Å². The van der Waals surface area contributed by atoms with E-state index in [1.165, 1.54) is 5.57 Å². The van der Waals surface area contributed by atoms with Crippen molar-refractivity contribution in [1.82, 2.24) is 0 Å². The van der Waals surface area contributed by atoms with Crippen molar-refractivity contribution in [1.29, 1.82) is 0 Å².